The minimum Gasteiger partial charge on any atom is -0.478 e. The van der Waals surface area contributed by atoms with Gasteiger partial charge in [0.1, 0.15) is 0 Å². The molecule has 118 valence electrons. The second kappa shape index (κ2) is 5.81. The minimum absolute atomic E-state index is 0.106. The Morgan fingerprint density at radius 2 is 1.91 bits per heavy atom. The van der Waals surface area contributed by atoms with Gasteiger partial charge < -0.3 is 19.9 Å². The number of benzene rings is 1. The molecule has 8 heteroatoms. The van der Waals surface area contributed by atoms with Gasteiger partial charge in [0.15, 0.2) is 5.57 Å². The van der Waals surface area contributed by atoms with E-state index in [0.29, 0.717) is 0 Å². The summed E-state index contributed by atoms with van der Waals surface area (Å²) in [6.07, 6.45) is 1.01. The molecule has 23 heavy (non-hydrogen) atoms. The van der Waals surface area contributed by atoms with Gasteiger partial charge in [0.05, 0.1) is 22.9 Å². The highest BCUT2D eigenvalue weighted by Gasteiger charge is 2.39. The number of hydrogen-bond acceptors (Lipinski definition) is 7. The number of nitrogens with zero attached hydrogens (tertiary/aromatic N) is 1. The normalized spacial score (nSPS) is 16.0. The van der Waals surface area contributed by atoms with Gasteiger partial charge in [0, 0.05) is 20.0 Å². The smallest absolute Gasteiger partial charge is 0.350 e. The summed E-state index contributed by atoms with van der Waals surface area (Å²) in [4.78, 5) is 34.7. The SMILES string of the molecule is CC1(C)OC(=O)C(=CNc2ccc(C#N)cc2C(=O)O)C(=O)O1. The van der Waals surface area contributed by atoms with Crippen LogP contribution in [0.25, 0.3) is 0 Å². The molecule has 1 saturated heterocycles. The van der Waals surface area contributed by atoms with Crippen molar-refractivity contribution in [2.45, 2.75) is 19.6 Å². The molecule has 1 aromatic carbocycles. The Morgan fingerprint density at radius 3 is 2.43 bits per heavy atom. The van der Waals surface area contributed by atoms with Gasteiger partial charge in [-0.05, 0) is 18.2 Å². The van der Waals surface area contributed by atoms with Crippen LogP contribution in [0, 0.1) is 11.3 Å². The number of nitriles is 1. The van der Waals surface area contributed by atoms with Crippen molar-refractivity contribution < 1.29 is 29.0 Å². The zero-order chi connectivity index (χ0) is 17.2. The lowest BCUT2D eigenvalue weighted by Gasteiger charge is -2.29. The van der Waals surface area contributed by atoms with E-state index in [1.165, 1.54) is 32.0 Å². The van der Waals surface area contributed by atoms with E-state index in [4.69, 9.17) is 19.8 Å². The molecule has 1 aliphatic rings. The number of carboxylic acids is 1. The Balaban J connectivity index is 2.30. The average Bonchev–Trinajstić information content (AvgIpc) is 2.45. The van der Waals surface area contributed by atoms with Gasteiger partial charge in [-0.15, -0.1) is 0 Å². The number of hydrogen-bond donors (Lipinski definition) is 2. The maximum absolute atomic E-state index is 11.8. The van der Waals surface area contributed by atoms with Crippen molar-refractivity contribution in [3.05, 3.63) is 41.1 Å². The summed E-state index contributed by atoms with van der Waals surface area (Å²) >= 11 is 0. The zero-order valence-electron chi connectivity index (χ0n) is 12.2. The molecule has 0 atom stereocenters. The van der Waals surface area contributed by atoms with Crippen LogP contribution in [0.1, 0.15) is 29.8 Å². The first-order chi connectivity index (χ1) is 10.7. The predicted molar refractivity (Wildman–Crippen MR) is 76.1 cm³/mol. The fraction of sp³-hybridized carbons (Fsp3) is 0.200. The third-order valence-corrected chi connectivity index (χ3v) is 2.87. The van der Waals surface area contributed by atoms with Crippen LogP contribution in [0.2, 0.25) is 0 Å². The average molecular weight is 316 g/mol. The summed E-state index contributed by atoms with van der Waals surface area (Å²) in [5.41, 5.74) is -0.308. The highest BCUT2D eigenvalue weighted by molar-refractivity contribution is 6.15. The molecule has 0 unspecified atom stereocenters. The summed E-state index contributed by atoms with van der Waals surface area (Å²) in [5.74, 6) is -4.39. The van der Waals surface area contributed by atoms with E-state index in [-0.39, 0.29) is 16.8 Å². The monoisotopic (exact) mass is 316 g/mol. The largest absolute Gasteiger partial charge is 0.478 e. The molecule has 1 aliphatic heterocycles. The Hall–Kier alpha value is -3.34. The van der Waals surface area contributed by atoms with Crippen molar-refractivity contribution in [3.8, 4) is 6.07 Å². The van der Waals surface area contributed by atoms with Crippen LogP contribution in [0.4, 0.5) is 5.69 Å². The van der Waals surface area contributed by atoms with E-state index in [1.54, 1.807) is 0 Å². The minimum atomic E-state index is -1.35. The Labute approximate surface area is 130 Å². The molecular weight excluding hydrogens is 304 g/mol. The van der Waals surface area contributed by atoms with Crippen molar-refractivity contribution in [1.82, 2.24) is 0 Å². The van der Waals surface area contributed by atoms with Crippen LogP contribution < -0.4 is 5.32 Å². The van der Waals surface area contributed by atoms with Crippen LogP contribution in [0.5, 0.6) is 0 Å². The molecule has 8 nitrogen and oxygen atoms in total. The van der Waals surface area contributed by atoms with Gasteiger partial charge in [0.2, 0.25) is 0 Å². The van der Waals surface area contributed by atoms with Crippen LogP contribution >= 0.6 is 0 Å². The number of rotatable bonds is 3. The summed E-state index contributed by atoms with van der Waals surface area (Å²) in [5, 5.41) is 20.5. The molecule has 1 fully saturated rings. The van der Waals surface area contributed by atoms with E-state index in [1.807, 2.05) is 6.07 Å². The van der Waals surface area contributed by atoms with Crippen molar-refractivity contribution in [2.24, 2.45) is 0 Å². The van der Waals surface area contributed by atoms with Crippen LogP contribution in [0.3, 0.4) is 0 Å². The van der Waals surface area contributed by atoms with Gasteiger partial charge in [-0.25, -0.2) is 14.4 Å². The zero-order valence-corrected chi connectivity index (χ0v) is 12.2. The number of carbonyl (C=O) groups is 3. The maximum Gasteiger partial charge on any atom is 0.350 e. The molecule has 1 heterocycles. The lowest BCUT2D eigenvalue weighted by molar-refractivity contribution is -0.222. The van der Waals surface area contributed by atoms with Crippen molar-refractivity contribution >= 4 is 23.6 Å². The second-order valence-electron chi connectivity index (χ2n) is 5.06. The molecule has 2 N–H and O–H groups in total. The number of carboxylic acid groups (broad SMARTS) is 1. The molecule has 0 radical (unpaired) electrons. The van der Waals surface area contributed by atoms with Gasteiger partial charge in [-0.1, -0.05) is 0 Å². The van der Waals surface area contributed by atoms with Gasteiger partial charge in [-0.2, -0.15) is 5.26 Å². The third kappa shape index (κ3) is 3.47. The van der Waals surface area contributed by atoms with Crippen LogP contribution in [-0.4, -0.2) is 28.8 Å². The number of nitrogens with one attached hydrogen (secondary N) is 1. The first-order valence-electron chi connectivity index (χ1n) is 6.44. The summed E-state index contributed by atoms with van der Waals surface area (Å²) in [7, 11) is 0. The van der Waals surface area contributed by atoms with Gasteiger partial charge >= 0.3 is 17.9 Å². The van der Waals surface area contributed by atoms with E-state index >= 15 is 0 Å². The van der Waals surface area contributed by atoms with Crippen LogP contribution in [-0.2, 0) is 19.1 Å². The standard InChI is InChI=1S/C15H12N2O6/c1-15(2)22-13(20)10(14(21)23-15)7-17-11-4-3-8(6-16)5-9(11)12(18)19/h3-5,7,17H,1-2H3,(H,18,19). The summed E-state index contributed by atoms with van der Waals surface area (Å²) in [6.45, 7) is 2.83. The predicted octanol–water partition coefficient (Wildman–Crippen LogP) is 1.39. The van der Waals surface area contributed by atoms with Crippen molar-refractivity contribution in [3.63, 3.8) is 0 Å². The second-order valence-corrected chi connectivity index (χ2v) is 5.06. The summed E-state index contributed by atoms with van der Waals surface area (Å²) < 4.78 is 9.82. The fourth-order valence-corrected chi connectivity index (χ4v) is 1.84. The molecule has 1 aromatic rings. The van der Waals surface area contributed by atoms with E-state index in [9.17, 15) is 14.4 Å². The molecule has 0 aromatic heterocycles. The Morgan fingerprint density at radius 1 is 1.30 bits per heavy atom. The number of carbonyl (C=O) groups excluding carboxylic acids is 2. The lowest BCUT2D eigenvalue weighted by atomic mass is 10.1. The molecule has 0 spiro atoms. The van der Waals surface area contributed by atoms with E-state index in [0.717, 1.165) is 6.20 Å². The molecule has 0 saturated carbocycles. The van der Waals surface area contributed by atoms with Crippen molar-refractivity contribution in [1.29, 1.82) is 5.26 Å². The maximum atomic E-state index is 11.8. The van der Waals surface area contributed by atoms with E-state index < -0.39 is 29.3 Å². The molecular formula is C15H12N2O6. The molecule has 0 aliphatic carbocycles. The number of ether oxygens (including phenoxy) is 2. The Bertz CT molecular complexity index is 751. The van der Waals surface area contributed by atoms with Gasteiger partial charge in [0.25, 0.3) is 5.79 Å². The van der Waals surface area contributed by atoms with Gasteiger partial charge in [-0.3, -0.25) is 0 Å². The number of esters is 2. The summed E-state index contributed by atoms with van der Waals surface area (Å²) in [6, 6.07) is 5.74. The van der Waals surface area contributed by atoms with Crippen molar-refractivity contribution in [2.75, 3.05) is 5.32 Å². The molecule has 2 rings (SSSR count). The van der Waals surface area contributed by atoms with E-state index in [2.05, 4.69) is 5.32 Å². The quantitative estimate of drug-likeness (QED) is 0.486. The molecule has 0 bridgehead atoms. The first-order valence-corrected chi connectivity index (χ1v) is 6.44. The lowest BCUT2D eigenvalue weighted by Crippen LogP contribution is -2.42. The fourth-order valence-electron chi connectivity index (χ4n) is 1.84. The number of aromatic carboxylic acids is 1. The first kappa shape index (κ1) is 16.0. The highest BCUT2D eigenvalue weighted by atomic mass is 16.7. The van der Waals surface area contributed by atoms with Crippen LogP contribution in [0.15, 0.2) is 30.0 Å². The Kier molecular flexibility index (Phi) is 4.05. The number of anilines is 1. The topological polar surface area (TPSA) is 126 Å². The molecule has 0 amide bonds. The number of cyclic esters (lactones) is 2. The third-order valence-electron chi connectivity index (χ3n) is 2.87. The highest BCUT2D eigenvalue weighted by Crippen LogP contribution is 2.23.